The second kappa shape index (κ2) is 10.5. The first-order valence-electron chi connectivity index (χ1n) is 15.6. The number of nitrogens with zero attached hydrogens (tertiary/aromatic N) is 2. The molecule has 2 saturated heterocycles. The number of benzene rings is 2. The minimum Gasteiger partial charge on any atom is -0.493 e. The molecule has 8 nitrogen and oxygen atoms in total. The fraction of sp³-hybridized carbons (Fsp3) is 0.529. The number of carbonyl (C=O) groups excluding carboxylic acids is 1. The lowest BCUT2D eigenvalue weighted by molar-refractivity contribution is -0.133. The van der Waals surface area contributed by atoms with Gasteiger partial charge in [-0.1, -0.05) is 44.2 Å². The molecule has 3 heterocycles. The van der Waals surface area contributed by atoms with Crippen molar-refractivity contribution in [2.45, 2.75) is 58.9 Å². The van der Waals surface area contributed by atoms with Crippen LogP contribution in [0.4, 0.5) is 0 Å². The molecule has 43 heavy (non-hydrogen) atoms. The molecule has 1 amide bonds. The summed E-state index contributed by atoms with van der Waals surface area (Å²) < 4.78 is 40.4. The standard InChI is InChI=1S/C34H41N3O5S/c1-22-29(36-31(42-22)24-9-5-4-6-10-24)13-15-41-27-11-7-8-23(17-27)16-25-19-35-20-28(25)32(38)37-30-18-26-12-14-34(30,33(26,2)3)21-43(37,39)40/h4-11,17,25-26,28,30,35H,12-16,18-21H2,1-3H3/t25-,26?,28+,30?,34+/m1/s1. The third-order valence-corrected chi connectivity index (χ3v) is 13.1. The summed E-state index contributed by atoms with van der Waals surface area (Å²) in [5.41, 5.74) is 2.56. The van der Waals surface area contributed by atoms with Crippen molar-refractivity contribution >= 4 is 15.9 Å². The Bertz CT molecular complexity index is 1630. The third-order valence-electron chi connectivity index (χ3n) is 11.2. The van der Waals surface area contributed by atoms with Gasteiger partial charge in [-0.25, -0.2) is 17.7 Å². The number of hydrogen-bond acceptors (Lipinski definition) is 7. The van der Waals surface area contributed by atoms with Gasteiger partial charge in [-0.2, -0.15) is 0 Å². The minimum absolute atomic E-state index is 0.0234. The smallest absolute Gasteiger partial charge is 0.241 e. The van der Waals surface area contributed by atoms with Gasteiger partial charge in [0, 0.05) is 23.9 Å². The maximum absolute atomic E-state index is 14.0. The van der Waals surface area contributed by atoms with Crippen LogP contribution in [0.5, 0.6) is 5.75 Å². The second-order valence-corrected chi connectivity index (χ2v) is 15.5. The van der Waals surface area contributed by atoms with E-state index >= 15 is 0 Å². The summed E-state index contributed by atoms with van der Waals surface area (Å²) in [6, 6.07) is 17.7. The van der Waals surface area contributed by atoms with Gasteiger partial charge >= 0.3 is 0 Å². The molecule has 2 aliphatic carbocycles. The van der Waals surface area contributed by atoms with Crippen LogP contribution in [-0.4, -0.2) is 55.1 Å². The van der Waals surface area contributed by atoms with Gasteiger partial charge in [0.05, 0.1) is 30.0 Å². The maximum atomic E-state index is 14.0. The first-order chi connectivity index (χ1) is 20.6. The summed E-state index contributed by atoms with van der Waals surface area (Å²) >= 11 is 0. The van der Waals surface area contributed by atoms with Crippen LogP contribution in [0, 0.1) is 35.5 Å². The van der Waals surface area contributed by atoms with E-state index in [0.717, 1.165) is 47.6 Å². The Hall–Kier alpha value is -3.17. The summed E-state index contributed by atoms with van der Waals surface area (Å²) in [5.74, 6) is 2.25. The maximum Gasteiger partial charge on any atom is 0.241 e. The van der Waals surface area contributed by atoms with E-state index < -0.39 is 10.0 Å². The van der Waals surface area contributed by atoms with Crippen molar-refractivity contribution in [2.24, 2.45) is 28.6 Å². The van der Waals surface area contributed by atoms with E-state index in [9.17, 15) is 13.2 Å². The Morgan fingerprint density at radius 3 is 2.74 bits per heavy atom. The zero-order valence-electron chi connectivity index (χ0n) is 25.2. The van der Waals surface area contributed by atoms with E-state index in [1.807, 2.05) is 55.5 Å². The number of ether oxygens (including phenoxy) is 1. The second-order valence-electron chi connectivity index (χ2n) is 13.6. The van der Waals surface area contributed by atoms with E-state index in [1.54, 1.807) is 0 Å². The Kier molecular flexibility index (Phi) is 6.97. The number of rotatable bonds is 8. The predicted molar refractivity (Wildman–Crippen MR) is 164 cm³/mol. The molecule has 228 valence electrons. The first-order valence-corrected chi connectivity index (χ1v) is 17.2. The molecule has 2 saturated carbocycles. The van der Waals surface area contributed by atoms with Gasteiger partial charge in [0.25, 0.3) is 0 Å². The highest BCUT2D eigenvalue weighted by Crippen LogP contribution is 2.70. The SMILES string of the molecule is Cc1oc(-c2ccccc2)nc1CCOc1cccc(C[C@@H]2CNC[C@@H]2C(=O)N2C3CC4CC[C@@]3(CS2(=O)=O)C4(C)C)c1. The molecule has 1 aromatic heterocycles. The molecule has 2 bridgehead atoms. The van der Waals surface area contributed by atoms with Crippen LogP contribution in [-0.2, 0) is 27.7 Å². The number of fused-ring (bicyclic) bond motifs is 1. The van der Waals surface area contributed by atoms with Crippen molar-refractivity contribution in [3.05, 3.63) is 71.6 Å². The largest absolute Gasteiger partial charge is 0.493 e. The van der Waals surface area contributed by atoms with Crippen LogP contribution in [0.1, 0.15) is 50.1 Å². The average Bonchev–Trinajstić information content (AvgIpc) is 3.74. The zero-order chi connectivity index (χ0) is 30.0. The van der Waals surface area contributed by atoms with Gasteiger partial charge in [0.15, 0.2) is 0 Å². The number of amides is 1. The summed E-state index contributed by atoms with van der Waals surface area (Å²) in [6.07, 6.45) is 4.09. The van der Waals surface area contributed by atoms with Crippen LogP contribution in [0.3, 0.4) is 0 Å². The number of sulfonamides is 1. The van der Waals surface area contributed by atoms with Crippen LogP contribution < -0.4 is 10.1 Å². The van der Waals surface area contributed by atoms with E-state index in [0.29, 0.717) is 44.3 Å². The van der Waals surface area contributed by atoms with Gasteiger partial charge in [0.2, 0.25) is 21.8 Å². The molecule has 9 heteroatoms. The van der Waals surface area contributed by atoms with E-state index in [4.69, 9.17) is 9.15 Å². The molecule has 0 radical (unpaired) electrons. The molecular formula is C34H41N3O5S. The average molecular weight is 604 g/mol. The molecule has 3 aromatic rings. The molecule has 5 atom stereocenters. The first kappa shape index (κ1) is 28.6. The monoisotopic (exact) mass is 603 g/mol. The Balaban J connectivity index is 1.00. The highest BCUT2D eigenvalue weighted by Gasteiger charge is 2.72. The van der Waals surface area contributed by atoms with Crippen molar-refractivity contribution < 1.29 is 22.4 Å². The number of carbonyl (C=O) groups is 1. The minimum atomic E-state index is -3.63. The number of aromatic nitrogens is 1. The molecular weight excluding hydrogens is 562 g/mol. The molecule has 4 fully saturated rings. The van der Waals surface area contributed by atoms with Crippen molar-refractivity contribution in [3.8, 4) is 17.2 Å². The van der Waals surface area contributed by atoms with Crippen molar-refractivity contribution in [1.29, 1.82) is 0 Å². The van der Waals surface area contributed by atoms with E-state index in [2.05, 4.69) is 30.2 Å². The van der Waals surface area contributed by atoms with Crippen LogP contribution in [0.2, 0.25) is 0 Å². The lowest BCUT2D eigenvalue weighted by Gasteiger charge is -2.37. The van der Waals surface area contributed by atoms with Crippen molar-refractivity contribution in [2.75, 3.05) is 25.4 Å². The summed E-state index contributed by atoms with van der Waals surface area (Å²) in [7, 11) is -3.63. The Morgan fingerprint density at radius 2 is 1.95 bits per heavy atom. The molecule has 1 N–H and O–H groups in total. The van der Waals surface area contributed by atoms with Gasteiger partial charge in [-0.15, -0.1) is 0 Å². The Labute approximate surface area is 254 Å². The molecule has 2 aromatic carbocycles. The van der Waals surface area contributed by atoms with Gasteiger partial charge in [-0.05, 0) is 86.2 Å². The van der Waals surface area contributed by atoms with Crippen molar-refractivity contribution in [1.82, 2.24) is 14.6 Å². The number of oxazole rings is 1. The summed E-state index contributed by atoms with van der Waals surface area (Å²) in [6.45, 7) is 8.03. The topological polar surface area (TPSA) is 102 Å². The normalized spacial score (nSPS) is 30.1. The molecule has 2 unspecified atom stereocenters. The molecule has 4 aliphatic rings. The molecule has 2 aliphatic heterocycles. The van der Waals surface area contributed by atoms with Crippen molar-refractivity contribution in [3.63, 3.8) is 0 Å². The van der Waals surface area contributed by atoms with Crippen LogP contribution in [0.25, 0.3) is 11.5 Å². The van der Waals surface area contributed by atoms with Gasteiger partial charge in [0.1, 0.15) is 11.5 Å². The summed E-state index contributed by atoms with van der Waals surface area (Å²) in [5, 5.41) is 3.38. The highest BCUT2D eigenvalue weighted by atomic mass is 32.2. The predicted octanol–water partition coefficient (Wildman–Crippen LogP) is 5.02. The van der Waals surface area contributed by atoms with Gasteiger partial charge in [-0.3, -0.25) is 4.79 Å². The fourth-order valence-electron chi connectivity index (χ4n) is 8.67. The lowest BCUT2D eigenvalue weighted by atomic mass is 9.69. The number of aryl methyl sites for hydroxylation is 1. The van der Waals surface area contributed by atoms with Crippen LogP contribution in [0.15, 0.2) is 59.0 Å². The zero-order valence-corrected chi connectivity index (χ0v) is 26.0. The Morgan fingerprint density at radius 1 is 1.14 bits per heavy atom. The quantitative estimate of drug-likeness (QED) is 0.386. The van der Waals surface area contributed by atoms with E-state index in [-0.39, 0.29) is 40.4 Å². The molecule has 7 rings (SSSR count). The molecule has 1 spiro atoms. The lowest BCUT2D eigenvalue weighted by Crippen LogP contribution is -2.47. The highest BCUT2D eigenvalue weighted by molar-refractivity contribution is 7.90. The summed E-state index contributed by atoms with van der Waals surface area (Å²) in [4.78, 5) is 18.7. The van der Waals surface area contributed by atoms with E-state index in [1.165, 1.54) is 4.31 Å². The van der Waals surface area contributed by atoms with Crippen LogP contribution >= 0.6 is 0 Å². The number of nitrogens with one attached hydrogen (secondary N) is 1. The number of hydrogen-bond donors (Lipinski definition) is 1. The third kappa shape index (κ3) is 4.70. The fourth-order valence-corrected chi connectivity index (χ4v) is 11.3. The van der Waals surface area contributed by atoms with Gasteiger partial charge < -0.3 is 14.5 Å².